The third-order valence-electron chi connectivity index (χ3n) is 3.58. The van der Waals surface area contributed by atoms with E-state index < -0.39 is 0 Å². The van der Waals surface area contributed by atoms with E-state index in [0.29, 0.717) is 6.04 Å². The van der Waals surface area contributed by atoms with Gasteiger partial charge >= 0.3 is 0 Å². The van der Waals surface area contributed by atoms with Crippen molar-refractivity contribution in [3.05, 3.63) is 30.5 Å². The molecule has 0 aliphatic rings. The second-order valence-corrected chi connectivity index (χ2v) is 5.38. The Bertz CT molecular complexity index is 583. The van der Waals surface area contributed by atoms with Crippen molar-refractivity contribution in [2.24, 2.45) is 0 Å². The number of rotatable bonds is 7. The Morgan fingerprint density at radius 3 is 2.71 bits per heavy atom. The van der Waals surface area contributed by atoms with Crippen molar-refractivity contribution < 1.29 is 4.74 Å². The average Bonchev–Trinajstić information content (AvgIpc) is 2.50. The van der Waals surface area contributed by atoms with E-state index in [-0.39, 0.29) is 0 Å². The largest absolute Gasteiger partial charge is 0.496 e. The van der Waals surface area contributed by atoms with Crippen molar-refractivity contribution in [3.8, 4) is 5.75 Å². The van der Waals surface area contributed by atoms with Gasteiger partial charge in [0.25, 0.3) is 0 Å². The number of hydrogen-bond donors (Lipinski definition) is 1. The Morgan fingerprint density at radius 1 is 1.24 bits per heavy atom. The molecule has 0 saturated heterocycles. The monoisotopic (exact) mass is 287 g/mol. The number of pyridine rings is 1. The predicted molar refractivity (Wildman–Crippen MR) is 89.3 cm³/mol. The molecule has 0 bridgehead atoms. The Balaban J connectivity index is 2.31. The number of ether oxygens (including phenoxy) is 1. The lowest BCUT2D eigenvalue weighted by atomic mass is 10.1. The number of nitrogens with one attached hydrogen (secondary N) is 1. The smallest absolute Gasteiger partial charge is 0.136 e. The number of methoxy groups -OCH3 is 1. The molecule has 0 unspecified atom stereocenters. The maximum atomic E-state index is 5.45. The number of aromatic nitrogens is 1. The summed E-state index contributed by atoms with van der Waals surface area (Å²) in [6.45, 7) is 9.32. The molecule has 1 N–H and O–H groups in total. The van der Waals surface area contributed by atoms with E-state index in [1.54, 1.807) is 7.11 Å². The quantitative estimate of drug-likeness (QED) is 0.849. The molecule has 4 heteroatoms. The van der Waals surface area contributed by atoms with Crippen molar-refractivity contribution in [1.29, 1.82) is 0 Å². The van der Waals surface area contributed by atoms with Gasteiger partial charge in [-0.15, -0.1) is 0 Å². The van der Waals surface area contributed by atoms with E-state index >= 15 is 0 Å². The van der Waals surface area contributed by atoms with Gasteiger partial charge in [0, 0.05) is 42.6 Å². The minimum absolute atomic E-state index is 0.504. The fraction of sp³-hybridized carbons (Fsp3) is 0.471. The lowest BCUT2D eigenvalue weighted by molar-refractivity contribution is 0.420. The van der Waals surface area contributed by atoms with Gasteiger partial charge in [0.1, 0.15) is 11.6 Å². The zero-order valence-corrected chi connectivity index (χ0v) is 13.4. The summed E-state index contributed by atoms with van der Waals surface area (Å²) in [5.74, 6) is 1.92. The second-order valence-electron chi connectivity index (χ2n) is 5.38. The summed E-state index contributed by atoms with van der Waals surface area (Å²) in [6, 6.07) is 8.63. The van der Waals surface area contributed by atoms with E-state index in [4.69, 9.17) is 4.74 Å². The average molecular weight is 287 g/mol. The van der Waals surface area contributed by atoms with Crippen LogP contribution in [0, 0.1) is 0 Å². The maximum absolute atomic E-state index is 5.45. The van der Waals surface area contributed by atoms with E-state index in [0.717, 1.165) is 42.0 Å². The topological polar surface area (TPSA) is 37.4 Å². The van der Waals surface area contributed by atoms with Crippen LogP contribution in [0.3, 0.4) is 0 Å². The van der Waals surface area contributed by atoms with Gasteiger partial charge in [-0.2, -0.15) is 0 Å². The highest BCUT2D eigenvalue weighted by Gasteiger charge is 2.12. The molecule has 1 aromatic heterocycles. The van der Waals surface area contributed by atoms with Crippen LogP contribution in [0.15, 0.2) is 30.5 Å². The van der Waals surface area contributed by atoms with Gasteiger partial charge in [-0.25, -0.2) is 4.98 Å². The summed E-state index contributed by atoms with van der Waals surface area (Å²) in [5.41, 5.74) is 0. The molecular weight excluding hydrogens is 262 g/mol. The molecule has 21 heavy (non-hydrogen) atoms. The number of nitrogens with zero attached hydrogens (tertiary/aromatic N) is 2. The molecule has 0 atom stereocenters. The fourth-order valence-electron chi connectivity index (χ4n) is 2.49. The Morgan fingerprint density at radius 2 is 2.05 bits per heavy atom. The van der Waals surface area contributed by atoms with Crippen molar-refractivity contribution in [2.45, 2.75) is 26.8 Å². The van der Waals surface area contributed by atoms with Crippen LogP contribution in [-0.2, 0) is 0 Å². The van der Waals surface area contributed by atoms with Crippen molar-refractivity contribution in [1.82, 2.24) is 10.3 Å². The van der Waals surface area contributed by atoms with Gasteiger partial charge in [0.2, 0.25) is 0 Å². The summed E-state index contributed by atoms with van der Waals surface area (Å²) < 4.78 is 5.45. The lowest BCUT2D eigenvalue weighted by Gasteiger charge is -2.24. The number of likely N-dealkylation sites (N-methyl/N-ethyl adjacent to an activating group) is 1. The first-order valence-electron chi connectivity index (χ1n) is 7.57. The molecule has 0 saturated carbocycles. The normalized spacial score (nSPS) is 11.1. The molecule has 2 rings (SSSR count). The van der Waals surface area contributed by atoms with Gasteiger partial charge in [0.15, 0.2) is 0 Å². The van der Waals surface area contributed by atoms with Crippen molar-refractivity contribution in [3.63, 3.8) is 0 Å². The first kappa shape index (κ1) is 15.6. The second kappa shape index (κ2) is 7.27. The van der Waals surface area contributed by atoms with Gasteiger partial charge in [-0.3, -0.25) is 0 Å². The number of fused-ring (bicyclic) bond motifs is 1. The zero-order chi connectivity index (χ0) is 15.2. The molecular formula is C17H25N3O. The van der Waals surface area contributed by atoms with Gasteiger partial charge in [0.05, 0.1) is 7.11 Å². The van der Waals surface area contributed by atoms with Crippen molar-refractivity contribution in [2.75, 3.05) is 31.6 Å². The van der Waals surface area contributed by atoms with Crippen LogP contribution in [0.5, 0.6) is 5.75 Å². The SMILES string of the molecule is CCN(CCNC(C)C)c1nccc2c(OC)cccc12. The Hall–Kier alpha value is -1.81. The highest BCUT2D eigenvalue weighted by Crippen LogP contribution is 2.30. The maximum Gasteiger partial charge on any atom is 0.136 e. The van der Waals surface area contributed by atoms with E-state index in [9.17, 15) is 0 Å². The van der Waals surface area contributed by atoms with Crippen LogP contribution in [0.1, 0.15) is 20.8 Å². The van der Waals surface area contributed by atoms with Crippen molar-refractivity contribution >= 4 is 16.6 Å². The summed E-state index contributed by atoms with van der Waals surface area (Å²) in [7, 11) is 1.71. The van der Waals surface area contributed by atoms with Gasteiger partial charge < -0.3 is 15.0 Å². The highest BCUT2D eigenvalue weighted by atomic mass is 16.5. The van der Waals surface area contributed by atoms with Crippen LogP contribution < -0.4 is 15.0 Å². The predicted octanol–water partition coefficient (Wildman–Crippen LogP) is 3.07. The fourth-order valence-corrected chi connectivity index (χ4v) is 2.49. The van der Waals surface area contributed by atoms with Crippen LogP contribution >= 0.6 is 0 Å². The molecule has 0 aliphatic carbocycles. The Labute approximate surface area is 127 Å². The molecule has 0 spiro atoms. The third kappa shape index (κ3) is 3.64. The minimum Gasteiger partial charge on any atom is -0.496 e. The van der Waals surface area contributed by atoms with Crippen LogP contribution in [0.2, 0.25) is 0 Å². The molecule has 4 nitrogen and oxygen atoms in total. The minimum atomic E-state index is 0.504. The molecule has 114 valence electrons. The van der Waals surface area contributed by atoms with Crippen LogP contribution in [0.25, 0.3) is 10.8 Å². The van der Waals surface area contributed by atoms with E-state index in [1.165, 1.54) is 0 Å². The molecule has 1 aromatic carbocycles. The third-order valence-corrected chi connectivity index (χ3v) is 3.58. The van der Waals surface area contributed by atoms with Gasteiger partial charge in [-0.05, 0) is 19.1 Å². The molecule has 0 aliphatic heterocycles. The standard InChI is InChI=1S/C17H25N3O/c1-5-20(12-11-18-13(2)3)17-15-7-6-8-16(21-4)14(15)9-10-19-17/h6-10,13,18H,5,11-12H2,1-4H3. The summed E-state index contributed by atoms with van der Waals surface area (Å²) in [4.78, 5) is 6.90. The number of anilines is 1. The number of benzene rings is 1. The van der Waals surface area contributed by atoms with E-state index in [2.05, 4.69) is 42.0 Å². The van der Waals surface area contributed by atoms with E-state index in [1.807, 2.05) is 24.4 Å². The Kier molecular flexibility index (Phi) is 5.39. The molecule has 2 aromatic rings. The molecule has 0 fully saturated rings. The van der Waals surface area contributed by atoms with Gasteiger partial charge in [-0.1, -0.05) is 26.0 Å². The molecule has 0 radical (unpaired) electrons. The summed E-state index contributed by atoms with van der Waals surface area (Å²) >= 11 is 0. The first-order chi connectivity index (χ1) is 10.2. The summed E-state index contributed by atoms with van der Waals surface area (Å²) in [5, 5.41) is 5.71. The van der Waals surface area contributed by atoms with Crippen LogP contribution in [-0.4, -0.2) is 37.8 Å². The van der Waals surface area contributed by atoms with Crippen LogP contribution in [0.4, 0.5) is 5.82 Å². The lowest BCUT2D eigenvalue weighted by Crippen LogP contribution is -2.35. The first-order valence-corrected chi connectivity index (χ1v) is 7.57. The molecule has 1 heterocycles. The highest BCUT2D eigenvalue weighted by molar-refractivity contribution is 5.96. The number of hydrogen-bond acceptors (Lipinski definition) is 4. The molecule has 0 amide bonds. The summed E-state index contributed by atoms with van der Waals surface area (Å²) in [6.07, 6.45) is 1.86. The zero-order valence-electron chi connectivity index (χ0n) is 13.4.